The number of nitrogens with one attached hydrogen (secondary N) is 1. The normalized spacial score (nSPS) is 20.0. The highest BCUT2D eigenvalue weighted by Crippen LogP contribution is 2.34. The van der Waals surface area contributed by atoms with E-state index >= 15 is 0 Å². The van der Waals surface area contributed by atoms with Crippen molar-refractivity contribution in [1.29, 1.82) is 0 Å². The van der Waals surface area contributed by atoms with Gasteiger partial charge in [0.1, 0.15) is 5.75 Å². The summed E-state index contributed by atoms with van der Waals surface area (Å²) >= 11 is 0. The van der Waals surface area contributed by atoms with E-state index in [1.54, 1.807) is 6.07 Å². The summed E-state index contributed by atoms with van der Waals surface area (Å²) in [4.78, 5) is 0. The number of hydrogen-bond acceptors (Lipinski definition) is 2. The molecule has 106 valence electrons. The van der Waals surface area contributed by atoms with Crippen LogP contribution >= 0.6 is 0 Å². The second kappa shape index (κ2) is 5.41. The molecule has 1 aliphatic heterocycles. The van der Waals surface area contributed by atoms with Crippen molar-refractivity contribution in [3.63, 3.8) is 0 Å². The number of rotatable bonds is 3. The van der Waals surface area contributed by atoms with Gasteiger partial charge < -0.3 is 10.1 Å². The molecule has 2 nitrogen and oxygen atoms in total. The summed E-state index contributed by atoms with van der Waals surface area (Å²) in [5.41, 5.74) is 2.00. The lowest BCUT2D eigenvalue weighted by Gasteiger charge is -2.20. The van der Waals surface area contributed by atoms with Crippen molar-refractivity contribution in [3.8, 4) is 5.75 Å². The highest BCUT2D eigenvalue weighted by Gasteiger charge is 2.32. The van der Waals surface area contributed by atoms with Crippen molar-refractivity contribution in [3.05, 3.63) is 29.3 Å². The van der Waals surface area contributed by atoms with Crippen LogP contribution in [0.1, 0.15) is 49.8 Å². The highest BCUT2D eigenvalue weighted by atomic mass is 19.4. The molecule has 0 amide bonds. The lowest BCUT2D eigenvalue weighted by molar-refractivity contribution is -0.274. The largest absolute Gasteiger partial charge is 0.573 e. The van der Waals surface area contributed by atoms with Crippen molar-refractivity contribution in [2.45, 2.75) is 45.0 Å². The number of hydrogen-bond donors (Lipinski definition) is 1. The van der Waals surface area contributed by atoms with Crippen LogP contribution in [0.25, 0.3) is 0 Å². The van der Waals surface area contributed by atoms with Crippen molar-refractivity contribution < 1.29 is 17.9 Å². The summed E-state index contributed by atoms with van der Waals surface area (Å²) in [6.45, 7) is 4.99. The van der Waals surface area contributed by atoms with E-state index in [1.165, 1.54) is 12.1 Å². The van der Waals surface area contributed by atoms with Crippen LogP contribution in [0.2, 0.25) is 0 Å². The summed E-state index contributed by atoms with van der Waals surface area (Å²) in [6, 6.07) is 4.78. The third-order valence-corrected chi connectivity index (χ3v) is 3.35. The first-order chi connectivity index (χ1) is 8.87. The average molecular weight is 273 g/mol. The summed E-state index contributed by atoms with van der Waals surface area (Å²) < 4.78 is 40.8. The van der Waals surface area contributed by atoms with Crippen LogP contribution in [-0.4, -0.2) is 12.9 Å². The maximum absolute atomic E-state index is 12.3. The number of ether oxygens (including phenoxy) is 1. The van der Waals surface area contributed by atoms with Crippen LogP contribution in [0.5, 0.6) is 5.75 Å². The van der Waals surface area contributed by atoms with Gasteiger partial charge in [0.25, 0.3) is 0 Å². The van der Waals surface area contributed by atoms with E-state index in [4.69, 9.17) is 0 Å². The van der Waals surface area contributed by atoms with Crippen LogP contribution in [-0.2, 0) is 0 Å². The number of benzene rings is 1. The van der Waals surface area contributed by atoms with Gasteiger partial charge in [-0.1, -0.05) is 19.9 Å². The van der Waals surface area contributed by atoms with Gasteiger partial charge in [-0.05, 0) is 48.6 Å². The molecule has 1 aromatic carbocycles. The molecule has 5 heteroatoms. The molecule has 19 heavy (non-hydrogen) atoms. The molecule has 1 heterocycles. The van der Waals surface area contributed by atoms with Crippen LogP contribution in [0.4, 0.5) is 13.2 Å². The summed E-state index contributed by atoms with van der Waals surface area (Å²) in [7, 11) is 0. The fourth-order valence-electron chi connectivity index (χ4n) is 2.53. The minimum absolute atomic E-state index is 0.134. The Balaban J connectivity index is 2.32. The maximum Gasteiger partial charge on any atom is 0.573 e. The van der Waals surface area contributed by atoms with Gasteiger partial charge >= 0.3 is 6.36 Å². The zero-order valence-electron chi connectivity index (χ0n) is 11.1. The predicted octanol–water partition coefficient (Wildman–Crippen LogP) is 4.13. The summed E-state index contributed by atoms with van der Waals surface area (Å²) in [5.74, 6) is 0.137. The summed E-state index contributed by atoms with van der Waals surface area (Å²) in [5, 5.41) is 3.32. The Hall–Kier alpha value is -1.23. The van der Waals surface area contributed by atoms with Crippen molar-refractivity contribution in [1.82, 2.24) is 5.32 Å². The molecule has 1 unspecified atom stereocenters. The van der Waals surface area contributed by atoms with Crippen LogP contribution in [0.15, 0.2) is 18.2 Å². The van der Waals surface area contributed by atoms with Crippen LogP contribution < -0.4 is 10.1 Å². The first-order valence-electron chi connectivity index (χ1n) is 6.50. The van der Waals surface area contributed by atoms with Gasteiger partial charge in [-0.15, -0.1) is 13.2 Å². The molecule has 0 saturated carbocycles. The standard InChI is InChI=1S/C14H18F3NO/c1-9(2)11-6-5-10(19-14(15,16)17)8-12(11)13-4-3-7-18-13/h5-6,8-9,13,18H,3-4,7H2,1-2H3. The van der Waals surface area contributed by atoms with Gasteiger partial charge in [0, 0.05) is 6.04 Å². The van der Waals surface area contributed by atoms with Gasteiger partial charge in [0.2, 0.25) is 0 Å². The third-order valence-electron chi connectivity index (χ3n) is 3.35. The molecule has 0 aliphatic carbocycles. The Kier molecular flexibility index (Phi) is 4.04. The molecule has 1 aliphatic rings. The van der Waals surface area contributed by atoms with E-state index in [0.717, 1.165) is 30.5 Å². The fourth-order valence-corrected chi connectivity index (χ4v) is 2.53. The lowest BCUT2D eigenvalue weighted by atomic mass is 9.92. The van der Waals surface area contributed by atoms with Gasteiger partial charge in [0.15, 0.2) is 0 Å². The lowest BCUT2D eigenvalue weighted by Crippen LogP contribution is -2.19. The molecule has 0 radical (unpaired) electrons. The zero-order valence-corrected chi connectivity index (χ0v) is 11.1. The topological polar surface area (TPSA) is 21.3 Å². The maximum atomic E-state index is 12.3. The van der Waals surface area contributed by atoms with E-state index in [0.29, 0.717) is 0 Å². The van der Waals surface area contributed by atoms with Crippen molar-refractivity contribution >= 4 is 0 Å². The van der Waals surface area contributed by atoms with E-state index < -0.39 is 6.36 Å². The smallest absolute Gasteiger partial charge is 0.406 e. The Morgan fingerprint density at radius 3 is 2.58 bits per heavy atom. The molecule has 0 bridgehead atoms. The minimum Gasteiger partial charge on any atom is -0.406 e. The Morgan fingerprint density at radius 1 is 1.32 bits per heavy atom. The number of halogens is 3. The third kappa shape index (κ3) is 3.62. The van der Waals surface area contributed by atoms with Crippen LogP contribution in [0, 0.1) is 0 Å². The molecule has 1 atom stereocenters. The van der Waals surface area contributed by atoms with Crippen LogP contribution in [0.3, 0.4) is 0 Å². The fraction of sp³-hybridized carbons (Fsp3) is 0.571. The predicted molar refractivity (Wildman–Crippen MR) is 67.2 cm³/mol. The van der Waals surface area contributed by atoms with Gasteiger partial charge in [-0.3, -0.25) is 0 Å². The van der Waals surface area contributed by atoms with E-state index in [1.807, 2.05) is 13.8 Å². The molecule has 0 aromatic heterocycles. The monoisotopic (exact) mass is 273 g/mol. The van der Waals surface area contributed by atoms with E-state index in [9.17, 15) is 13.2 Å². The first kappa shape index (κ1) is 14.2. The Labute approximate surface area is 111 Å². The molecular formula is C14H18F3NO. The molecule has 1 fully saturated rings. The van der Waals surface area contributed by atoms with Gasteiger partial charge in [-0.2, -0.15) is 0 Å². The quantitative estimate of drug-likeness (QED) is 0.894. The SMILES string of the molecule is CC(C)c1ccc(OC(F)(F)F)cc1C1CCCN1. The molecule has 2 rings (SSSR count). The van der Waals surface area contributed by atoms with E-state index in [2.05, 4.69) is 10.1 Å². The molecular weight excluding hydrogens is 255 g/mol. The summed E-state index contributed by atoms with van der Waals surface area (Å²) in [6.07, 6.45) is -2.64. The zero-order chi connectivity index (χ0) is 14.0. The van der Waals surface area contributed by atoms with E-state index in [-0.39, 0.29) is 17.7 Å². The number of alkyl halides is 3. The molecule has 1 saturated heterocycles. The highest BCUT2D eigenvalue weighted by molar-refractivity contribution is 5.39. The van der Waals surface area contributed by atoms with Crippen molar-refractivity contribution in [2.75, 3.05) is 6.54 Å². The molecule has 0 spiro atoms. The second-order valence-electron chi connectivity index (χ2n) is 5.14. The van der Waals surface area contributed by atoms with Gasteiger partial charge in [0.05, 0.1) is 0 Å². The Morgan fingerprint density at radius 2 is 2.05 bits per heavy atom. The molecule has 1 aromatic rings. The minimum atomic E-state index is -4.64. The molecule has 1 N–H and O–H groups in total. The first-order valence-corrected chi connectivity index (χ1v) is 6.50. The Bertz CT molecular complexity index is 437. The van der Waals surface area contributed by atoms with Crippen molar-refractivity contribution in [2.24, 2.45) is 0 Å². The van der Waals surface area contributed by atoms with Gasteiger partial charge in [-0.25, -0.2) is 0 Å². The average Bonchev–Trinajstić information content (AvgIpc) is 2.79. The second-order valence-corrected chi connectivity index (χ2v) is 5.14.